The van der Waals surface area contributed by atoms with E-state index in [-0.39, 0.29) is 57.7 Å². The quantitative estimate of drug-likeness (QED) is 0.377. The number of benzene rings is 1. The fourth-order valence-electron chi connectivity index (χ4n) is 2.80. The normalized spacial score (nSPS) is 13.0. The number of pyridine rings is 1. The maximum Gasteiger partial charge on any atom is 0.417 e. The third-order valence-corrected chi connectivity index (χ3v) is 5.01. The van der Waals surface area contributed by atoms with Crippen molar-refractivity contribution >= 4 is 28.8 Å². The molecular weight excluding hydrogens is 493 g/mol. The molecule has 3 aromatic heterocycles. The van der Waals surface area contributed by atoms with Crippen molar-refractivity contribution in [2.45, 2.75) is 12.2 Å². The minimum atomic E-state index is -4.60. The summed E-state index contributed by atoms with van der Waals surface area (Å²) in [6, 6.07) is 2.25. The van der Waals surface area contributed by atoms with Crippen molar-refractivity contribution in [2.24, 2.45) is 5.73 Å². The highest BCUT2D eigenvalue weighted by molar-refractivity contribution is 6.33. The predicted molar refractivity (Wildman–Crippen MR) is 109 cm³/mol. The molecule has 0 saturated carbocycles. The topological polar surface area (TPSA) is 112 Å². The van der Waals surface area contributed by atoms with Crippen molar-refractivity contribution < 1.29 is 31.8 Å². The summed E-state index contributed by atoms with van der Waals surface area (Å²) in [5.41, 5.74) is 4.70. The van der Waals surface area contributed by atoms with E-state index in [9.17, 15) is 17.6 Å². The monoisotopic (exact) mass is 505 g/mol. The van der Waals surface area contributed by atoms with Crippen molar-refractivity contribution in [3.8, 4) is 28.8 Å². The summed E-state index contributed by atoms with van der Waals surface area (Å²) in [7, 11) is 0. The number of nitrogens with zero attached hydrogens (tertiary/aromatic N) is 4. The number of imidazole rings is 1. The van der Waals surface area contributed by atoms with Crippen LogP contribution in [-0.4, -0.2) is 43.9 Å². The van der Waals surface area contributed by atoms with Crippen molar-refractivity contribution in [3.05, 3.63) is 52.0 Å². The summed E-state index contributed by atoms with van der Waals surface area (Å²) in [5, 5.41) is 16.3. The van der Waals surface area contributed by atoms with Gasteiger partial charge in [0.05, 0.1) is 33.8 Å². The molecule has 0 aliphatic rings. The number of aliphatic hydroxyl groups excluding tert-OH is 1. The van der Waals surface area contributed by atoms with Crippen LogP contribution < -0.4 is 10.5 Å². The van der Waals surface area contributed by atoms with Gasteiger partial charge in [0, 0.05) is 18.5 Å². The first-order valence-corrected chi connectivity index (χ1v) is 9.90. The first kappa shape index (κ1) is 23.2. The molecule has 1 unspecified atom stereocenters. The molecule has 14 heteroatoms. The van der Waals surface area contributed by atoms with Crippen molar-refractivity contribution in [2.75, 3.05) is 13.2 Å². The number of ether oxygens (including phenoxy) is 1. The average Bonchev–Trinajstić information content (AvgIpc) is 3.40. The van der Waals surface area contributed by atoms with Crippen LogP contribution in [0.15, 0.2) is 35.0 Å². The molecule has 0 radical (unpaired) electrons. The van der Waals surface area contributed by atoms with Crippen LogP contribution >= 0.6 is 23.2 Å². The van der Waals surface area contributed by atoms with Crippen LogP contribution in [0, 0.1) is 5.82 Å². The standard InChI is InChI=1S/C19H13Cl2F4N5O3/c20-11-3-15(32-7-9(26)6-31)13(22)2-10(11)17-28-29-18(33-17)14-5-30-4-8(19(23,24)25)1-12(21)16(30)27-14/h1-5,9,31H,6-7,26H2. The fraction of sp³-hybridized carbons (Fsp3) is 0.211. The second kappa shape index (κ2) is 8.78. The van der Waals surface area contributed by atoms with E-state index >= 15 is 0 Å². The van der Waals surface area contributed by atoms with Crippen LogP contribution in [0.5, 0.6) is 5.75 Å². The smallest absolute Gasteiger partial charge is 0.417 e. The average molecular weight is 506 g/mol. The molecule has 3 heterocycles. The second-order valence-electron chi connectivity index (χ2n) is 6.86. The number of aliphatic hydroxyl groups is 1. The minimum Gasteiger partial charge on any atom is -0.489 e. The molecule has 1 atom stereocenters. The molecule has 8 nitrogen and oxygen atoms in total. The van der Waals surface area contributed by atoms with E-state index in [1.54, 1.807) is 0 Å². The SMILES string of the molecule is NC(CO)COc1cc(Cl)c(-c2nnc(-c3cn4cc(C(F)(F)F)cc(Cl)c4n3)o2)cc1F. The van der Waals surface area contributed by atoms with Gasteiger partial charge in [-0.25, -0.2) is 9.37 Å². The van der Waals surface area contributed by atoms with Gasteiger partial charge in [-0.2, -0.15) is 13.2 Å². The van der Waals surface area contributed by atoms with E-state index in [0.717, 1.165) is 22.7 Å². The zero-order chi connectivity index (χ0) is 23.9. The molecule has 0 saturated heterocycles. The first-order valence-electron chi connectivity index (χ1n) is 9.14. The Morgan fingerprint density at radius 2 is 1.85 bits per heavy atom. The van der Waals surface area contributed by atoms with Crippen LogP contribution in [0.2, 0.25) is 10.0 Å². The first-order chi connectivity index (χ1) is 15.6. The Hall–Kier alpha value is -2.93. The molecule has 3 N–H and O–H groups in total. The highest BCUT2D eigenvalue weighted by atomic mass is 35.5. The molecule has 0 aliphatic heterocycles. The number of nitrogens with two attached hydrogens (primary N) is 1. The maximum atomic E-state index is 14.4. The Kier molecular flexibility index (Phi) is 6.18. The van der Waals surface area contributed by atoms with E-state index < -0.39 is 23.6 Å². The second-order valence-corrected chi connectivity index (χ2v) is 7.67. The highest BCUT2D eigenvalue weighted by Gasteiger charge is 2.32. The van der Waals surface area contributed by atoms with Gasteiger partial charge in [-0.05, 0) is 12.1 Å². The third-order valence-electron chi connectivity index (χ3n) is 4.42. The van der Waals surface area contributed by atoms with Gasteiger partial charge in [-0.3, -0.25) is 0 Å². The van der Waals surface area contributed by atoms with E-state index in [2.05, 4.69) is 15.2 Å². The molecule has 1 aromatic carbocycles. The number of fused-ring (bicyclic) bond motifs is 1. The molecule has 0 spiro atoms. The van der Waals surface area contributed by atoms with Gasteiger partial charge in [-0.1, -0.05) is 23.2 Å². The number of alkyl halides is 3. The molecule has 0 aliphatic carbocycles. The highest BCUT2D eigenvalue weighted by Crippen LogP contribution is 2.35. The van der Waals surface area contributed by atoms with Gasteiger partial charge in [-0.15, -0.1) is 10.2 Å². The lowest BCUT2D eigenvalue weighted by molar-refractivity contribution is -0.137. The number of aromatic nitrogens is 4. The van der Waals surface area contributed by atoms with Gasteiger partial charge in [0.25, 0.3) is 5.89 Å². The van der Waals surface area contributed by atoms with Crippen LogP contribution in [0.1, 0.15) is 5.56 Å². The molecule has 33 heavy (non-hydrogen) atoms. The molecular formula is C19H13Cl2F4N5O3. The van der Waals surface area contributed by atoms with E-state index in [4.69, 9.17) is 43.2 Å². The van der Waals surface area contributed by atoms with Crippen molar-refractivity contribution in [1.29, 1.82) is 0 Å². The van der Waals surface area contributed by atoms with Crippen molar-refractivity contribution in [1.82, 2.24) is 19.6 Å². The third kappa shape index (κ3) is 4.74. The van der Waals surface area contributed by atoms with Gasteiger partial charge >= 0.3 is 6.18 Å². The fourth-order valence-corrected chi connectivity index (χ4v) is 3.30. The number of halogens is 6. The van der Waals surface area contributed by atoms with Crippen molar-refractivity contribution in [3.63, 3.8) is 0 Å². The molecule has 0 fully saturated rings. The summed E-state index contributed by atoms with van der Waals surface area (Å²) < 4.78 is 65.3. The lowest BCUT2D eigenvalue weighted by Crippen LogP contribution is -2.31. The Bertz CT molecular complexity index is 1320. The maximum absolute atomic E-state index is 14.4. The molecule has 0 amide bonds. The molecule has 0 bridgehead atoms. The summed E-state index contributed by atoms with van der Waals surface area (Å²) in [6.07, 6.45) is -2.54. The number of rotatable bonds is 6. The van der Waals surface area contributed by atoms with E-state index in [0.29, 0.717) is 0 Å². The Morgan fingerprint density at radius 1 is 1.12 bits per heavy atom. The van der Waals surface area contributed by atoms with Crippen LogP contribution in [-0.2, 0) is 6.18 Å². The summed E-state index contributed by atoms with van der Waals surface area (Å²) in [4.78, 5) is 4.12. The van der Waals surface area contributed by atoms with Crippen LogP contribution in [0.4, 0.5) is 17.6 Å². The largest absolute Gasteiger partial charge is 0.489 e. The summed E-state index contributed by atoms with van der Waals surface area (Å²) >= 11 is 12.1. The van der Waals surface area contributed by atoms with E-state index in [1.807, 2.05) is 0 Å². The number of hydrogen-bond acceptors (Lipinski definition) is 7. The minimum absolute atomic E-state index is 0.0204. The van der Waals surface area contributed by atoms with Crippen LogP contribution in [0.3, 0.4) is 0 Å². The molecule has 174 valence electrons. The Labute approximate surface area is 192 Å². The van der Waals surface area contributed by atoms with Gasteiger partial charge in [0.1, 0.15) is 12.3 Å². The molecule has 4 aromatic rings. The van der Waals surface area contributed by atoms with Gasteiger partial charge < -0.3 is 24.4 Å². The summed E-state index contributed by atoms with van der Waals surface area (Å²) in [6.45, 7) is -0.482. The lowest BCUT2D eigenvalue weighted by atomic mass is 10.2. The lowest BCUT2D eigenvalue weighted by Gasteiger charge is -2.12. The molecule has 4 rings (SSSR count). The van der Waals surface area contributed by atoms with Gasteiger partial charge in [0.15, 0.2) is 17.2 Å². The predicted octanol–water partition coefficient (Wildman–Crippen LogP) is 4.21. The van der Waals surface area contributed by atoms with E-state index in [1.165, 1.54) is 12.3 Å². The summed E-state index contributed by atoms with van der Waals surface area (Å²) in [5.74, 6) is -1.29. The zero-order valence-electron chi connectivity index (χ0n) is 16.3. The number of hydrogen-bond donors (Lipinski definition) is 2. The van der Waals surface area contributed by atoms with Crippen LogP contribution in [0.25, 0.3) is 28.7 Å². The Balaban J connectivity index is 1.65. The Morgan fingerprint density at radius 3 is 2.55 bits per heavy atom. The zero-order valence-corrected chi connectivity index (χ0v) is 17.8. The van der Waals surface area contributed by atoms with Gasteiger partial charge in [0.2, 0.25) is 5.89 Å².